The second kappa shape index (κ2) is 16.8. The van der Waals surface area contributed by atoms with Crippen LogP contribution >= 0.6 is 15.9 Å². The fraction of sp³-hybridized carbons (Fsp3) is 0.316. The topological polar surface area (TPSA) is 105 Å². The number of methoxy groups -OCH3 is 2. The number of aryl methyl sites for hydroxylation is 2. The first kappa shape index (κ1) is 37.5. The zero-order chi connectivity index (χ0) is 35.7. The molecule has 0 aliphatic carbocycles. The molecule has 9 nitrogen and oxygen atoms in total. The van der Waals surface area contributed by atoms with E-state index in [0.717, 1.165) is 31.0 Å². The highest BCUT2D eigenvalue weighted by Crippen LogP contribution is 2.33. The van der Waals surface area contributed by atoms with Crippen molar-refractivity contribution in [2.24, 2.45) is 0 Å². The average molecular weight is 751 g/mol. The van der Waals surface area contributed by atoms with E-state index in [1.165, 1.54) is 37.3 Å². The quantitative estimate of drug-likeness (QED) is 0.143. The van der Waals surface area contributed by atoms with Gasteiger partial charge in [0.1, 0.15) is 12.6 Å². The first-order valence-corrected chi connectivity index (χ1v) is 18.3. The normalized spacial score (nSPS) is 12.5. The van der Waals surface area contributed by atoms with Crippen molar-refractivity contribution in [1.82, 2.24) is 10.2 Å². The Labute approximate surface area is 298 Å². The molecular formula is C38H44BrN3O6S. The molecule has 0 radical (unpaired) electrons. The molecule has 0 aromatic heterocycles. The molecule has 0 spiro atoms. The zero-order valence-electron chi connectivity index (χ0n) is 28.8. The van der Waals surface area contributed by atoms with Gasteiger partial charge in [0.25, 0.3) is 10.0 Å². The minimum Gasteiger partial charge on any atom is -0.493 e. The highest BCUT2D eigenvalue weighted by molar-refractivity contribution is 9.10. The van der Waals surface area contributed by atoms with Gasteiger partial charge in [0.15, 0.2) is 11.5 Å². The fourth-order valence-corrected chi connectivity index (χ4v) is 7.42. The number of hydrogen-bond donors (Lipinski definition) is 1. The van der Waals surface area contributed by atoms with Crippen molar-refractivity contribution in [3.8, 4) is 11.5 Å². The Morgan fingerprint density at radius 2 is 1.49 bits per heavy atom. The van der Waals surface area contributed by atoms with E-state index in [4.69, 9.17) is 9.47 Å². The maximum atomic E-state index is 14.8. The second-order valence-electron chi connectivity index (χ2n) is 12.0. The predicted molar refractivity (Wildman–Crippen MR) is 197 cm³/mol. The Morgan fingerprint density at radius 1 is 0.837 bits per heavy atom. The molecule has 0 aliphatic rings. The molecule has 0 saturated carbocycles. The van der Waals surface area contributed by atoms with Crippen molar-refractivity contribution in [3.63, 3.8) is 0 Å². The highest BCUT2D eigenvalue weighted by atomic mass is 79.9. The van der Waals surface area contributed by atoms with E-state index in [1.54, 1.807) is 12.1 Å². The standard InChI is InChI=1S/C38H44BrN3O6S/c1-7-28(4)40-38(44)34(22-29-12-9-8-10-13-29)41(24-30-14-11-15-31(39)21-30)37(43)25-42(32-19-26(2)18-27(3)20-32)49(45,46)33-16-17-35(47-5)36(23-33)48-6/h8-21,23,28,34H,7,22,24-25H2,1-6H3,(H,40,44)/t28-,34-/m0/s1. The molecule has 1 N–H and O–H groups in total. The number of sulfonamides is 1. The van der Waals surface area contributed by atoms with Gasteiger partial charge in [-0.3, -0.25) is 13.9 Å². The summed E-state index contributed by atoms with van der Waals surface area (Å²) in [6.07, 6.45) is 0.933. The molecule has 4 rings (SSSR count). The van der Waals surface area contributed by atoms with Crippen LogP contribution < -0.4 is 19.1 Å². The van der Waals surface area contributed by atoms with E-state index in [0.29, 0.717) is 17.9 Å². The van der Waals surface area contributed by atoms with Crippen LogP contribution in [0.4, 0.5) is 5.69 Å². The van der Waals surface area contributed by atoms with Gasteiger partial charge in [0, 0.05) is 29.5 Å². The number of nitrogens with one attached hydrogen (secondary N) is 1. The van der Waals surface area contributed by atoms with Crippen LogP contribution in [0.15, 0.2) is 100 Å². The van der Waals surface area contributed by atoms with Gasteiger partial charge in [-0.2, -0.15) is 0 Å². The van der Waals surface area contributed by atoms with Gasteiger partial charge in [0.05, 0.1) is 24.8 Å². The van der Waals surface area contributed by atoms with Gasteiger partial charge >= 0.3 is 0 Å². The molecule has 4 aromatic rings. The summed E-state index contributed by atoms with van der Waals surface area (Å²) in [5.41, 5.74) is 3.62. The van der Waals surface area contributed by atoms with E-state index in [9.17, 15) is 18.0 Å². The van der Waals surface area contributed by atoms with Crippen LogP contribution in [-0.2, 0) is 32.6 Å². The Balaban J connectivity index is 1.86. The molecule has 0 fully saturated rings. The number of carbonyl (C=O) groups excluding carboxylic acids is 2. The monoisotopic (exact) mass is 749 g/mol. The number of rotatable bonds is 15. The lowest BCUT2D eigenvalue weighted by Crippen LogP contribution is -2.54. The summed E-state index contributed by atoms with van der Waals surface area (Å²) in [6, 6.07) is 25.6. The Kier molecular flexibility index (Phi) is 12.9. The van der Waals surface area contributed by atoms with Crippen molar-refractivity contribution in [2.45, 2.75) is 64.1 Å². The molecule has 0 saturated heterocycles. The van der Waals surface area contributed by atoms with Gasteiger partial charge in [0.2, 0.25) is 11.8 Å². The van der Waals surface area contributed by atoms with Gasteiger partial charge in [-0.1, -0.05) is 71.4 Å². The second-order valence-corrected chi connectivity index (χ2v) is 14.8. The molecule has 11 heteroatoms. The number of carbonyl (C=O) groups is 2. The van der Waals surface area contributed by atoms with E-state index in [2.05, 4.69) is 21.2 Å². The van der Waals surface area contributed by atoms with Crippen LogP contribution in [-0.4, -0.2) is 58.0 Å². The van der Waals surface area contributed by atoms with E-state index < -0.39 is 28.5 Å². The summed E-state index contributed by atoms with van der Waals surface area (Å²) in [5, 5.41) is 3.06. The first-order valence-electron chi connectivity index (χ1n) is 16.1. The Hall–Kier alpha value is -4.35. The molecule has 0 unspecified atom stereocenters. The van der Waals surface area contributed by atoms with Gasteiger partial charge in [-0.15, -0.1) is 0 Å². The Morgan fingerprint density at radius 3 is 2.10 bits per heavy atom. The van der Waals surface area contributed by atoms with Crippen LogP contribution in [0.25, 0.3) is 0 Å². The highest BCUT2D eigenvalue weighted by Gasteiger charge is 2.35. The van der Waals surface area contributed by atoms with E-state index in [-0.39, 0.29) is 35.6 Å². The van der Waals surface area contributed by atoms with Gasteiger partial charge in [-0.05, 0) is 85.8 Å². The minimum absolute atomic E-state index is 0.0702. The van der Waals surface area contributed by atoms with Gasteiger partial charge in [-0.25, -0.2) is 8.42 Å². The smallest absolute Gasteiger partial charge is 0.264 e. The van der Waals surface area contributed by atoms with Crippen molar-refractivity contribution < 1.29 is 27.5 Å². The molecular weight excluding hydrogens is 706 g/mol. The number of benzene rings is 4. The molecule has 2 amide bonds. The molecule has 49 heavy (non-hydrogen) atoms. The lowest BCUT2D eigenvalue weighted by molar-refractivity contribution is -0.140. The fourth-order valence-electron chi connectivity index (χ4n) is 5.55. The van der Waals surface area contributed by atoms with Crippen molar-refractivity contribution in [1.29, 1.82) is 0 Å². The summed E-state index contributed by atoms with van der Waals surface area (Å²) in [6.45, 7) is 7.14. The maximum Gasteiger partial charge on any atom is 0.264 e. The zero-order valence-corrected chi connectivity index (χ0v) is 31.2. The number of hydrogen-bond acceptors (Lipinski definition) is 6. The number of anilines is 1. The SMILES string of the molecule is CC[C@H](C)NC(=O)[C@H](Cc1ccccc1)N(Cc1cccc(Br)c1)C(=O)CN(c1cc(C)cc(C)c1)S(=O)(=O)c1ccc(OC)c(OC)c1. The molecule has 260 valence electrons. The third kappa shape index (κ3) is 9.64. The first-order chi connectivity index (χ1) is 23.4. The number of ether oxygens (including phenoxy) is 2. The molecule has 2 atom stereocenters. The van der Waals surface area contributed by atoms with Crippen LogP contribution in [0.5, 0.6) is 11.5 Å². The van der Waals surface area contributed by atoms with Crippen molar-refractivity contribution in [2.75, 3.05) is 25.1 Å². The number of nitrogens with zero attached hydrogens (tertiary/aromatic N) is 2. The van der Waals surface area contributed by atoms with E-state index in [1.807, 2.05) is 88.4 Å². The number of amides is 2. The lowest BCUT2D eigenvalue weighted by Gasteiger charge is -2.34. The van der Waals surface area contributed by atoms with Crippen molar-refractivity contribution in [3.05, 3.63) is 118 Å². The third-order valence-electron chi connectivity index (χ3n) is 8.23. The lowest BCUT2D eigenvalue weighted by atomic mass is 10.0. The van der Waals surface area contributed by atoms with Crippen LogP contribution in [0.1, 0.15) is 42.5 Å². The summed E-state index contributed by atoms with van der Waals surface area (Å²) in [4.78, 5) is 30.2. The molecule has 0 bridgehead atoms. The molecule has 4 aromatic carbocycles. The summed E-state index contributed by atoms with van der Waals surface area (Å²) in [7, 11) is -1.44. The summed E-state index contributed by atoms with van der Waals surface area (Å²) < 4.78 is 41.7. The van der Waals surface area contributed by atoms with Crippen LogP contribution in [0.2, 0.25) is 0 Å². The largest absolute Gasteiger partial charge is 0.493 e. The molecule has 0 aliphatic heterocycles. The number of halogens is 1. The van der Waals surface area contributed by atoms with Crippen LogP contribution in [0, 0.1) is 13.8 Å². The summed E-state index contributed by atoms with van der Waals surface area (Å²) in [5.74, 6) is -0.256. The van der Waals surface area contributed by atoms with E-state index >= 15 is 0 Å². The summed E-state index contributed by atoms with van der Waals surface area (Å²) >= 11 is 3.52. The van der Waals surface area contributed by atoms with Crippen molar-refractivity contribution >= 4 is 43.5 Å². The maximum absolute atomic E-state index is 14.8. The third-order valence-corrected chi connectivity index (χ3v) is 10.5. The predicted octanol–water partition coefficient (Wildman–Crippen LogP) is 6.83. The van der Waals surface area contributed by atoms with Gasteiger partial charge < -0.3 is 19.7 Å². The Bertz CT molecular complexity index is 1850. The molecule has 0 heterocycles. The minimum atomic E-state index is -4.34. The van der Waals surface area contributed by atoms with Crippen LogP contribution in [0.3, 0.4) is 0 Å². The average Bonchev–Trinajstić information content (AvgIpc) is 3.08.